The minimum absolute atomic E-state index is 0.00447. The van der Waals surface area contributed by atoms with Crippen LogP contribution in [0.25, 0.3) is 0 Å². The Morgan fingerprint density at radius 2 is 1.68 bits per heavy atom. The first-order valence-corrected chi connectivity index (χ1v) is 10.2. The second-order valence-corrected chi connectivity index (χ2v) is 9.28. The second-order valence-electron chi connectivity index (χ2n) is 9.28. The molecule has 6 heteroatoms. The van der Waals surface area contributed by atoms with E-state index in [1.165, 1.54) is 17.7 Å². The number of rotatable bonds is 10. The van der Waals surface area contributed by atoms with Crippen molar-refractivity contribution in [2.24, 2.45) is 5.41 Å². The van der Waals surface area contributed by atoms with E-state index in [1.54, 1.807) is 30.3 Å². The number of nitriles is 2. The van der Waals surface area contributed by atoms with Crippen LogP contribution in [0.1, 0.15) is 46.6 Å². The van der Waals surface area contributed by atoms with Crippen LogP contribution >= 0.6 is 0 Å². The molecule has 0 heterocycles. The zero-order valence-electron chi connectivity index (χ0n) is 19.4. The molecule has 0 saturated heterocycles. The molecule has 0 atom stereocenters. The third-order valence-corrected chi connectivity index (χ3v) is 4.45. The maximum absolute atomic E-state index is 11.9. The van der Waals surface area contributed by atoms with Crippen LogP contribution in [0.5, 0.6) is 5.75 Å². The van der Waals surface area contributed by atoms with Gasteiger partial charge in [-0.3, -0.25) is 4.79 Å². The van der Waals surface area contributed by atoms with E-state index in [0.717, 1.165) is 12.2 Å². The number of benzene rings is 1. The van der Waals surface area contributed by atoms with E-state index < -0.39 is 0 Å². The van der Waals surface area contributed by atoms with E-state index >= 15 is 0 Å². The molecule has 0 radical (unpaired) electrons. The molecule has 1 rings (SSSR count). The summed E-state index contributed by atoms with van der Waals surface area (Å²) in [5.74, 6) is 0.351. The molecule has 6 nitrogen and oxygen atoms in total. The fourth-order valence-corrected chi connectivity index (χ4v) is 3.43. The Morgan fingerprint density at radius 1 is 1.06 bits per heavy atom. The molecular weight excluding hydrogens is 390 g/mol. The summed E-state index contributed by atoms with van der Waals surface area (Å²) in [5.41, 5.74) is 1.59. The number of nitrogens with zero attached hydrogens (tertiary/aromatic N) is 3. The molecule has 31 heavy (non-hydrogen) atoms. The molecule has 0 saturated carbocycles. The highest BCUT2D eigenvalue weighted by Crippen LogP contribution is 2.36. The summed E-state index contributed by atoms with van der Waals surface area (Å²) in [6, 6.07) is 11.6. The van der Waals surface area contributed by atoms with Crippen LogP contribution in [0.15, 0.2) is 48.2 Å². The third-order valence-electron chi connectivity index (χ3n) is 4.45. The quantitative estimate of drug-likeness (QED) is 0.234. The van der Waals surface area contributed by atoms with Crippen molar-refractivity contribution in [3.63, 3.8) is 0 Å². The van der Waals surface area contributed by atoms with Crippen molar-refractivity contribution in [2.45, 2.75) is 46.5 Å². The number of carbonyl (C=O) groups is 1. The summed E-state index contributed by atoms with van der Waals surface area (Å²) < 4.78 is 10.8. The Balaban J connectivity index is 2.40. The van der Waals surface area contributed by atoms with Gasteiger partial charge in [0.25, 0.3) is 0 Å². The van der Waals surface area contributed by atoms with E-state index in [2.05, 4.69) is 46.8 Å². The highest BCUT2D eigenvalue weighted by molar-refractivity contribution is 5.71. The lowest BCUT2D eigenvalue weighted by Gasteiger charge is -2.33. The molecule has 0 aliphatic carbocycles. The van der Waals surface area contributed by atoms with E-state index in [9.17, 15) is 4.79 Å². The summed E-state index contributed by atoms with van der Waals surface area (Å²) >= 11 is 0. The van der Waals surface area contributed by atoms with Crippen LogP contribution < -0.4 is 4.74 Å². The predicted octanol–water partition coefficient (Wildman–Crippen LogP) is 4.74. The van der Waals surface area contributed by atoms with Gasteiger partial charge in [0.05, 0.1) is 0 Å². The van der Waals surface area contributed by atoms with Gasteiger partial charge in [0.15, 0.2) is 0 Å². The standard InChI is InChI=1S/C25H33N3O3/c1-24(2,3)19-25(4,5)21-9-11-22(12-10-21)30-14-15-31-23(29)18-28(6)13-7-8-20(16-26)17-27/h7-13H,14-15,18-19H2,1-6H3/b13-7+. The van der Waals surface area contributed by atoms with Crippen LogP contribution in [0, 0.1) is 28.1 Å². The van der Waals surface area contributed by atoms with Crippen molar-refractivity contribution >= 4 is 5.97 Å². The highest BCUT2D eigenvalue weighted by Gasteiger charge is 2.27. The number of hydrogen-bond donors (Lipinski definition) is 0. The van der Waals surface area contributed by atoms with E-state index in [4.69, 9.17) is 20.0 Å². The van der Waals surface area contributed by atoms with Crippen molar-refractivity contribution in [2.75, 3.05) is 26.8 Å². The molecule has 0 aliphatic heterocycles. The molecule has 0 amide bonds. The molecule has 0 bridgehead atoms. The normalized spacial score (nSPS) is 11.4. The van der Waals surface area contributed by atoms with Gasteiger partial charge in [-0.2, -0.15) is 10.5 Å². The van der Waals surface area contributed by atoms with Gasteiger partial charge in [-0.15, -0.1) is 0 Å². The molecule has 0 fully saturated rings. The summed E-state index contributed by atoms with van der Waals surface area (Å²) in [4.78, 5) is 13.5. The van der Waals surface area contributed by atoms with Gasteiger partial charge >= 0.3 is 5.97 Å². The van der Waals surface area contributed by atoms with Crippen LogP contribution in [-0.2, 0) is 14.9 Å². The number of esters is 1. The lowest BCUT2D eigenvalue weighted by molar-refractivity contribution is -0.144. The van der Waals surface area contributed by atoms with Gasteiger partial charge in [-0.1, -0.05) is 46.8 Å². The number of ether oxygens (including phenoxy) is 2. The largest absolute Gasteiger partial charge is 0.490 e. The second kappa shape index (κ2) is 11.8. The smallest absolute Gasteiger partial charge is 0.325 e. The van der Waals surface area contributed by atoms with Crippen LogP contribution in [0.2, 0.25) is 0 Å². The Morgan fingerprint density at radius 3 is 2.23 bits per heavy atom. The molecule has 166 valence electrons. The summed E-state index contributed by atoms with van der Waals surface area (Å²) in [7, 11) is 1.70. The predicted molar refractivity (Wildman–Crippen MR) is 121 cm³/mol. The van der Waals surface area contributed by atoms with Crippen molar-refractivity contribution in [3.8, 4) is 17.9 Å². The number of hydrogen-bond acceptors (Lipinski definition) is 6. The number of carbonyl (C=O) groups excluding carboxylic acids is 1. The average Bonchev–Trinajstić information content (AvgIpc) is 2.67. The first-order valence-electron chi connectivity index (χ1n) is 10.2. The monoisotopic (exact) mass is 423 g/mol. The summed E-state index contributed by atoms with van der Waals surface area (Å²) in [5, 5.41) is 17.3. The SMILES string of the molecule is CN(/C=C/C=C(C#N)C#N)CC(=O)OCCOc1ccc(C(C)(C)CC(C)(C)C)cc1. The van der Waals surface area contributed by atoms with E-state index in [-0.39, 0.29) is 42.1 Å². The maximum atomic E-state index is 11.9. The first kappa shape index (κ1) is 25.8. The van der Waals surface area contributed by atoms with Crippen molar-refractivity contribution in [1.82, 2.24) is 4.90 Å². The highest BCUT2D eigenvalue weighted by atomic mass is 16.6. The molecule has 0 N–H and O–H groups in total. The summed E-state index contributed by atoms with van der Waals surface area (Å²) in [6.45, 7) is 11.7. The number of likely N-dealkylation sites (N-methyl/N-ethyl adjacent to an activating group) is 1. The third kappa shape index (κ3) is 10.4. The Labute approximate surface area is 186 Å². The van der Waals surface area contributed by atoms with Gasteiger partial charge in [0.1, 0.15) is 43.2 Å². The van der Waals surface area contributed by atoms with E-state index in [1.807, 2.05) is 12.1 Å². The molecule has 0 aliphatic rings. The lowest BCUT2D eigenvalue weighted by atomic mass is 9.72. The molecule has 0 aromatic heterocycles. The van der Waals surface area contributed by atoms with Gasteiger partial charge in [0, 0.05) is 7.05 Å². The topological polar surface area (TPSA) is 86.4 Å². The minimum Gasteiger partial charge on any atom is -0.490 e. The maximum Gasteiger partial charge on any atom is 0.325 e. The van der Waals surface area contributed by atoms with Crippen molar-refractivity contribution in [3.05, 3.63) is 53.8 Å². The van der Waals surface area contributed by atoms with Crippen molar-refractivity contribution in [1.29, 1.82) is 10.5 Å². The van der Waals surface area contributed by atoms with Gasteiger partial charge in [0.2, 0.25) is 0 Å². The first-order chi connectivity index (χ1) is 14.5. The average molecular weight is 424 g/mol. The molecular formula is C25H33N3O3. The van der Waals surface area contributed by atoms with Crippen molar-refractivity contribution < 1.29 is 14.3 Å². The summed E-state index contributed by atoms with van der Waals surface area (Å²) in [6.07, 6.45) is 5.58. The zero-order chi connectivity index (χ0) is 23.5. The van der Waals surface area contributed by atoms with E-state index in [0.29, 0.717) is 0 Å². The Hall–Kier alpha value is -3.25. The number of allylic oxidation sites excluding steroid dienone is 3. The Bertz CT molecular complexity index is 847. The van der Waals surface area contributed by atoms with Gasteiger partial charge in [-0.25, -0.2) is 0 Å². The fourth-order valence-electron chi connectivity index (χ4n) is 3.43. The molecule has 0 spiro atoms. The fraction of sp³-hybridized carbons (Fsp3) is 0.480. The molecule has 1 aromatic rings. The van der Waals surface area contributed by atoms with Gasteiger partial charge < -0.3 is 14.4 Å². The van der Waals surface area contributed by atoms with Crippen LogP contribution in [0.3, 0.4) is 0 Å². The van der Waals surface area contributed by atoms with Crippen LogP contribution in [-0.4, -0.2) is 37.7 Å². The molecule has 0 unspecified atom stereocenters. The van der Waals surface area contributed by atoms with Crippen LogP contribution in [0.4, 0.5) is 0 Å². The Kier molecular flexibility index (Phi) is 9.83. The molecule has 1 aromatic carbocycles. The minimum atomic E-state index is -0.389. The lowest BCUT2D eigenvalue weighted by Crippen LogP contribution is -2.25. The van der Waals surface area contributed by atoms with Gasteiger partial charge in [-0.05, 0) is 53.3 Å². The zero-order valence-corrected chi connectivity index (χ0v) is 19.4.